The van der Waals surface area contributed by atoms with Gasteiger partial charge in [-0.3, -0.25) is 0 Å². The van der Waals surface area contributed by atoms with E-state index in [0.717, 1.165) is 42.3 Å². The summed E-state index contributed by atoms with van der Waals surface area (Å²) >= 11 is 0. The molecule has 0 spiro atoms. The normalized spacial score (nSPS) is 12.5. The third kappa shape index (κ3) is 8.09. The van der Waals surface area contributed by atoms with E-state index >= 15 is 0 Å². The highest BCUT2D eigenvalue weighted by molar-refractivity contribution is 5.79. The standard InChI is InChI=1S/C24H37N5O2/c1-6-25-24(27-16-19-9-14-23(26-15-19)29(7-2)8-3)28-17-22(30)20-10-12-21(13-11-20)31-18(4)5/h9-15,18,22,30H,6-8,16-17H2,1-5H3,(H2,25,27,28). The van der Waals surface area contributed by atoms with Gasteiger partial charge in [0.1, 0.15) is 11.6 Å². The number of aliphatic hydroxyl groups is 1. The third-order valence-electron chi connectivity index (χ3n) is 4.76. The van der Waals surface area contributed by atoms with Crippen LogP contribution in [0.4, 0.5) is 5.82 Å². The first kappa shape index (κ1) is 24.5. The van der Waals surface area contributed by atoms with Crippen molar-refractivity contribution in [2.24, 2.45) is 4.99 Å². The molecule has 0 bridgehead atoms. The zero-order chi connectivity index (χ0) is 22.6. The van der Waals surface area contributed by atoms with Crippen LogP contribution in [0.3, 0.4) is 0 Å². The van der Waals surface area contributed by atoms with Crippen LogP contribution in [0, 0.1) is 0 Å². The number of benzene rings is 1. The van der Waals surface area contributed by atoms with Crippen LogP contribution in [0.25, 0.3) is 0 Å². The number of hydrogen-bond donors (Lipinski definition) is 3. The van der Waals surface area contributed by atoms with Gasteiger partial charge < -0.3 is 25.4 Å². The number of nitrogens with one attached hydrogen (secondary N) is 2. The fraction of sp³-hybridized carbons (Fsp3) is 0.500. The largest absolute Gasteiger partial charge is 0.491 e. The zero-order valence-corrected chi connectivity index (χ0v) is 19.4. The molecule has 0 fully saturated rings. The van der Waals surface area contributed by atoms with Gasteiger partial charge in [-0.05, 0) is 63.9 Å². The molecule has 0 radical (unpaired) electrons. The summed E-state index contributed by atoms with van der Waals surface area (Å²) in [7, 11) is 0. The second kappa shape index (κ2) is 12.8. The van der Waals surface area contributed by atoms with Gasteiger partial charge in [-0.2, -0.15) is 0 Å². The number of guanidine groups is 1. The Labute approximate surface area is 186 Å². The summed E-state index contributed by atoms with van der Waals surface area (Å²) in [6.07, 6.45) is 1.35. The first-order chi connectivity index (χ1) is 15.0. The molecule has 3 N–H and O–H groups in total. The number of pyridine rings is 1. The third-order valence-corrected chi connectivity index (χ3v) is 4.76. The molecule has 0 aliphatic carbocycles. The van der Waals surface area contributed by atoms with Gasteiger partial charge in [0.25, 0.3) is 0 Å². The summed E-state index contributed by atoms with van der Waals surface area (Å²) < 4.78 is 5.65. The first-order valence-electron chi connectivity index (χ1n) is 11.1. The van der Waals surface area contributed by atoms with E-state index in [0.29, 0.717) is 19.0 Å². The lowest BCUT2D eigenvalue weighted by molar-refractivity contribution is 0.180. The average molecular weight is 428 g/mol. The van der Waals surface area contributed by atoms with E-state index in [1.807, 2.05) is 57.3 Å². The Kier molecular flexibility index (Phi) is 10.1. The van der Waals surface area contributed by atoms with E-state index in [1.54, 1.807) is 0 Å². The number of nitrogens with zero attached hydrogens (tertiary/aromatic N) is 3. The van der Waals surface area contributed by atoms with Gasteiger partial charge in [-0.1, -0.05) is 18.2 Å². The van der Waals surface area contributed by atoms with Crippen LogP contribution in [0.1, 0.15) is 51.8 Å². The SMILES string of the molecule is CCNC(=NCc1ccc(N(CC)CC)nc1)NCC(O)c1ccc(OC(C)C)cc1. The monoisotopic (exact) mass is 427 g/mol. The molecule has 2 rings (SSSR count). The van der Waals surface area contributed by atoms with E-state index in [4.69, 9.17) is 4.74 Å². The van der Waals surface area contributed by atoms with E-state index in [1.165, 1.54) is 0 Å². The van der Waals surface area contributed by atoms with Gasteiger partial charge in [0, 0.05) is 32.4 Å². The lowest BCUT2D eigenvalue weighted by Gasteiger charge is -2.19. The number of aliphatic hydroxyl groups excluding tert-OH is 1. The minimum absolute atomic E-state index is 0.125. The molecule has 0 aliphatic rings. The van der Waals surface area contributed by atoms with E-state index in [2.05, 4.69) is 45.4 Å². The Morgan fingerprint density at radius 1 is 1.06 bits per heavy atom. The highest BCUT2D eigenvalue weighted by Gasteiger charge is 2.09. The molecule has 31 heavy (non-hydrogen) atoms. The summed E-state index contributed by atoms with van der Waals surface area (Å²) in [6.45, 7) is 13.7. The van der Waals surface area contributed by atoms with Crippen molar-refractivity contribution in [1.29, 1.82) is 0 Å². The van der Waals surface area contributed by atoms with Gasteiger partial charge in [-0.25, -0.2) is 9.98 Å². The van der Waals surface area contributed by atoms with Crippen LogP contribution in [0.15, 0.2) is 47.6 Å². The molecule has 1 atom stereocenters. The van der Waals surface area contributed by atoms with Crippen molar-refractivity contribution in [3.05, 3.63) is 53.7 Å². The molecular weight excluding hydrogens is 390 g/mol. The second-order valence-electron chi connectivity index (χ2n) is 7.52. The van der Waals surface area contributed by atoms with Crippen LogP contribution in [0.2, 0.25) is 0 Å². The minimum Gasteiger partial charge on any atom is -0.491 e. The van der Waals surface area contributed by atoms with Gasteiger partial charge in [0.15, 0.2) is 5.96 Å². The summed E-state index contributed by atoms with van der Waals surface area (Å²) in [5, 5.41) is 17.0. The second-order valence-corrected chi connectivity index (χ2v) is 7.52. The molecule has 0 amide bonds. The highest BCUT2D eigenvalue weighted by atomic mass is 16.5. The fourth-order valence-electron chi connectivity index (χ4n) is 3.11. The number of anilines is 1. The number of aliphatic imine (C=N–C) groups is 1. The van der Waals surface area contributed by atoms with Crippen molar-refractivity contribution < 1.29 is 9.84 Å². The summed E-state index contributed by atoms with van der Waals surface area (Å²) in [4.78, 5) is 11.4. The number of ether oxygens (including phenoxy) is 1. The van der Waals surface area contributed by atoms with Crippen molar-refractivity contribution >= 4 is 11.8 Å². The van der Waals surface area contributed by atoms with Crippen molar-refractivity contribution in [1.82, 2.24) is 15.6 Å². The highest BCUT2D eigenvalue weighted by Crippen LogP contribution is 2.18. The topological polar surface area (TPSA) is 82.0 Å². The smallest absolute Gasteiger partial charge is 0.191 e. The Balaban J connectivity index is 1.93. The lowest BCUT2D eigenvalue weighted by atomic mass is 10.1. The molecule has 2 aromatic rings. The molecule has 1 heterocycles. The fourth-order valence-corrected chi connectivity index (χ4v) is 3.11. The molecular formula is C24H37N5O2. The lowest BCUT2D eigenvalue weighted by Crippen LogP contribution is -2.39. The van der Waals surface area contributed by atoms with Crippen molar-refractivity contribution in [2.45, 2.75) is 53.4 Å². The summed E-state index contributed by atoms with van der Waals surface area (Å²) in [5.74, 6) is 2.44. The van der Waals surface area contributed by atoms with E-state index in [9.17, 15) is 5.11 Å². The molecule has 0 aliphatic heterocycles. The van der Waals surface area contributed by atoms with Crippen molar-refractivity contribution in [3.63, 3.8) is 0 Å². The van der Waals surface area contributed by atoms with Crippen LogP contribution in [0.5, 0.6) is 5.75 Å². The molecule has 170 valence electrons. The molecule has 7 nitrogen and oxygen atoms in total. The Morgan fingerprint density at radius 3 is 2.32 bits per heavy atom. The summed E-state index contributed by atoms with van der Waals surface area (Å²) in [5.41, 5.74) is 1.87. The molecule has 1 aromatic heterocycles. The van der Waals surface area contributed by atoms with Gasteiger partial charge in [0.05, 0.1) is 18.8 Å². The minimum atomic E-state index is -0.646. The molecule has 1 unspecified atom stereocenters. The van der Waals surface area contributed by atoms with E-state index in [-0.39, 0.29) is 6.10 Å². The quantitative estimate of drug-likeness (QED) is 0.376. The Morgan fingerprint density at radius 2 is 1.77 bits per heavy atom. The van der Waals surface area contributed by atoms with Crippen LogP contribution >= 0.6 is 0 Å². The molecule has 0 saturated heterocycles. The molecule has 7 heteroatoms. The average Bonchev–Trinajstić information content (AvgIpc) is 2.77. The van der Waals surface area contributed by atoms with Crippen LogP contribution < -0.4 is 20.3 Å². The first-order valence-corrected chi connectivity index (χ1v) is 11.1. The molecule has 0 saturated carbocycles. The maximum Gasteiger partial charge on any atom is 0.191 e. The maximum absolute atomic E-state index is 10.5. The van der Waals surface area contributed by atoms with Crippen molar-refractivity contribution in [2.75, 3.05) is 31.1 Å². The molecule has 1 aromatic carbocycles. The van der Waals surface area contributed by atoms with Gasteiger partial charge in [-0.15, -0.1) is 0 Å². The van der Waals surface area contributed by atoms with Gasteiger partial charge >= 0.3 is 0 Å². The number of hydrogen-bond acceptors (Lipinski definition) is 5. The summed E-state index contributed by atoms with van der Waals surface area (Å²) in [6, 6.07) is 11.6. The van der Waals surface area contributed by atoms with E-state index < -0.39 is 6.10 Å². The zero-order valence-electron chi connectivity index (χ0n) is 19.4. The Hall–Kier alpha value is -2.80. The maximum atomic E-state index is 10.5. The number of rotatable bonds is 11. The van der Waals surface area contributed by atoms with Crippen LogP contribution in [-0.2, 0) is 6.54 Å². The predicted molar refractivity (Wildman–Crippen MR) is 128 cm³/mol. The predicted octanol–water partition coefficient (Wildman–Crippen LogP) is 3.50. The Bertz CT molecular complexity index is 787. The van der Waals surface area contributed by atoms with Gasteiger partial charge in [0.2, 0.25) is 0 Å². The van der Waals surface area contributed by atoms with Crippen LogP contribution in [-0.4, -0.2) is 48.3 Å². The van der Waals surface area contributed by atoms with Crippen molar-refractivity contribution in [3.8, 4) is 5.75 Å². The number of aromatic nitrogens is 1.